The van der Waals surface area contributed by atoms with Gasteiger partial charge < -0.3 is 9.84 Å². The lowest BCUT2D eigenvalue weighted by atomic mass is 10.3. The molecule has 2 rings (SSSR count). The van der Waals surface area contributed by atoms with E-state index in [-0.39, 0.29) is 5.91 Å². The molecule has 0 atom stereocenters. The molecule has 2 aromatic heterocycles. The Bertz CT molecular complexity index is 521. The van der Waals surface area contributed by atoms with Crippen molar-refractivity contribution >= 4 is 11.7 Å². The molecule has 6 heteroatoms. The van der Waals surface area contributed by atoms with Crippen LogP contribution < -0.4 is 5.32 Å². The van der Waals surface area contributed by atoms with Crippen LogP contribution in [0.3, 0.4) is 0 Å². The van der Waals surface area contributed by atoms with E-state index in [4.69, 9.17) is 4.52 Å². The number of aryl methyl sites for hydroxylation is 2. The number of rotatable bonds is 2. The molecule has 0 aromatic carbocycles. The molecule has 0 bridgehead atoms. The van der Waals surface area contributed by atoms with E-state index in [0.717, 1.165) is 5.69 Å². The zero-order valence-electron chi connectivity index (χ0n) is 8.89. The average Bonchev–Trinajstić information content (AvgIpc) is 2.64. The fourth-order valence-corrected chi connectivity index (χ4v) is 1.18. The maximum Gasteiger partial charge on any atom is 0.275 e. The summed E-state index contributed by atoms with van der Waals surface area (Å²) in [5, 5.41) is 6.23. The van der Waals surface area contributed by atoms with Gasteiger partial charge in [-0.3, -0.25) is 4.79 Å². The normalized spacial score (nSPS) is 10.1. The number of aromatic nitrogens is 3. The second-order valence-corrected chi connectivity index (χ2v) is 3.32. The number of nitrogens with zero attached hydrogens (tertiary/aromatic N) is 3. The van der Waals surface area contributed by atoms with Crippen LogP contribution in [0.25, 0.3) is 0 Å². The van der Waals surface area contributed by atoms with Gasteiger partial charge in [0.25, 0.3) is 5.91 Å². The van der Waals surface area contributed by atoms with Crippen LogP contribution in [0.15, 0.2) is 23.0 Å². The van der Waals surface area contributed by atoms with Crippen LogP contribution in [0.1, 0.15) is 21.9 Å². The van der Waals surface area contributed by atoms with E-state index in [0.29, 0.717) is 17.3 Å². The van der Waals surface area contributed by atoms with E-state index in [9.17, 15) is 4.79 Å². The van der Waals surface area contributed by atoms with Crippen LogP contribution >= 0.6 is 0 Å². The van der Waals surface area contributed by atoms with Crippen molar-refractivity contribution < 1.29 is 9.32 Å². The van der Waals surface area contributed by atoms with Crippen molar-refractivity contribution in [2.24, 2.45) is 0 Å². The SMILES string of the molecule is Cc1cc(C(=O)Nc2cc(C)on2)ncn1. The Kier molecular flexibility index (Phi) is 2.63. The molecule has 2 heterocycles. The van der Waals surface area contributed by atoms with Crippen LogP contribution in [0.2, 0.25) is 0 Å². The number of anilines is 1. The van der Waals surface area contributed by atoms with Crippen molar-refractivity contribution in [2.45, 2.75) is 13.8 Å². The number of carbonyl (C=O) groups excluding carboxylic acids is 1. The zero-order chi connectivity index (χ0) is 11.5. The van der Waals surface area contributed by atoms with Gasteiger partial charge in [0, 0.05) is 11.8 Å². The molecule has 0 radical (unpaired) electrons. The van der Waals surface area contributed by atoms with Crippen LogP contribution in [-0.4, -0.2) is 21.0 Å². The molecule has 0 saturated carbocycles. The summed E-state index contributed by atoms with van der Waals surface area (Å²) >= 11 is 0. The lowest BCUT2D eigenvalue weighted by Crippen LogP contribution is -2.14. The maximum absolute atomic E-state index is 11.7. The Morgan fingerprint density at radius 2 is 2.12 bits per heavy atom. The first-order valence-corrected chi connectivity index (χ1v) is 4.68. The molecule has 6 nitrogen and oxygen atoms in total. The second-order valence-electron chi connectivity index (χ2n) is 3.32. The molecule has 0 spiro atoms. The summed E-state index contributed by atoms with van der Waals surface area (Å²) in [5.41, 5.74) is 1.03. The minimum Gasteiger partial charge on any atom is -0.360 e. The summed E-state index contributed by atoms with van der Waals surface area (Å²) in [6.45, 7) is 3.54. The monoisotopic (exact) mass is 218 g/mol. The Labute approximate surface area is 91.7 Å². The van der Waals surface area contributed by atoms with Crippen molar-refractivity contribution in [3.63, 3.8) is 0 Å². The van der Waals surface area contributed by atoms with Crippen molar-refractivity contribution in [1.29, 1.82) is 0 Å². The molecule has 0 unspecified atom stereocenters. The number of carbonyl (C=O) groups is 1. The van der Waals surface area contributed by atoms with Gasteiger partial charge in [0.2, 0.25) is 0 Å². The van der Waals surface area contributed by atoms with E-state index < -0.39 is 0 Å². The average molecular weight is 218 g/mol. The standard InChI is InChI=1S/C10H10N4O2/c1-6-3-8(12-5-11-6)10(15)13-9-4-7(2)16-14-9/h3-5H,1-2H3,(H,13,14,15). The predicted molar refractivity (Wildman–Crippen MR) is 56.0 cm³/mol. The molecule has 82 valence electrons. The lowest BCUT2D eigenvalue weighted by Gasteiger charge is -2.00. The van der Waals surface area contributed by atoms with E-state index in [1.54, 1.807) is 26.0 Å². The molecule has 0 fully saturated rings. The zero-order valence-corrected chi connectivity index (χ0v) is 8.89. The highest BCUT2D eigenvalue weighted by molar-refractivity contribution is 6.02. The molecular formula is C10H10N4O2. The van der Waals surface area contributed by atoms with Gasteiger partial charge in [-0.2, -0.15) is 0 Å². The number of hydrogen-bond acceptors (Lipinski definition) is 5. The fraction of sp³-hybridized carbons (Fsp3) is 0.200. The van der Waals surface area contributed by atoms with Crippen molar-refractivity contribution in [2.75, 3.05) is 5.32 Å². The molecular weight excluding hydrogens is 208 g/mol. The Balaban J connectivity index is 2.14. The molecule has 2 aromatic rings. The molecule has 1 N–H and O–H groups in total. The Morgan fingerprint density at radius 3 is 2.75 bits per heavy atom. The van der Waals surface area contributed by atoms with Gasteiger partial charge in [0.1, 0.15) is 17.8 Å². The third kappa shape index (κ3) is 2.22. The minimum atomic E-state index is -0.334. The quantitative estimate of drug-likeness (QED) is 0.822. The van der Waals surface area contributed by atoms with Gasteiger partial charge in [-0.25, -0.2) is 9.97 Å². The Morgan fingerprint density at radius 1 is 1.31 bits per heavy atom. The topological polar surface area (TPSA) is 80.9 Å². The van der Waals surface area contributed by atoms with E-state index in [2.05, 4.69) is 20.4 Å². The number of nitrogens with one attached hydrogen (secondary N) is 1. The fourth-order valence-electron chi connectivity index (χ4n) is 1.18. The number of amides is 1. The summed E-state index contributed by atoms with van der Waals surface area (Å²) in [6, 6.07) is 3.23. The van der Waals surface area contributed by atoms with Gasteiger partial charge in [-0.1, -0.05) is 5.16 Å². The predicted octanol–water partition coefficient (Wildman–Crippen LogP) is 1.33. The molecule has 0 aliphatic carbocycles. The third-order valence-corrected chi connectivity index (χ3v) is 1.91. The van der Waals surface area contributed by atoms with Crippen molar-refractivity contribution in [3.05, 3.63) is 35.6 Å². The first kappa shape index (κ1) is 10.3. The largest absolute Gasteiger partial charge is 0.360 e. The highest BCUT2D eigenvalue weighted by Gasteiger charge is 2.10. The molecule has 1 amide bonds. The first-order valence-electron chi connectivity index (χ1n) is 4.68. The van der Waals surface area contributed by atoms with Crippen LogP contribution in [0.4, 0.5) is 5.82 Å². The molecule has 16 heavy (non-hydrogen) atoms. The third-order valence-electron chi connectivity index (χ3n) is 1.91. The minimum absolute atomic E-state index is 0.299. The summed E-state index contributed by atoms with van der Waals surface area (Å²) in [7, 11) is 0. The smallest absolute Gasteiger partial charge is 0.275 e. The van der Waals surface area contributed by atoms with Crippen molar-refractivity contribution in [3.8, 4) is 0 Å². The van der Waals surface area contributed by atoms with Gasteiger partial charge in [0.05, 0.1) is 0 Å². The maximum atomic E-state index is 11.7. The summed E-state index contributed by atoms with van der Waals surface area (Å²) in [4.78, 5) is 19.5. The molecule has 0 aliphatic heterocycles. The number of hydrogen-bond donors (Lipinski definition) is 1. The van der Waals surface area contributed by atoms with E-state index in [1.165, 1.54) is 6.33 Å². The van der Waals surface area contributed by atoms with Gasteiger partial charge in [-0.05, 0) is 19.9 Å². The van der Waals surface area contributed by atoms with Gasteiger partial charge >= 0.3 is 0 Å². The van der Waals surface area contributed by atoms with Gasteiger partial charge in [0.15, 0.2) is 5.82 Å². The second kappa shape index (κ2) is 4.09. The van der Waals surface area contributed by atoms with E-state index in [1.807, 2.05) is 0 Å². The molecule has 0 saturated heterocycles. The highest BCUT2D eigenvalue weighted by Crippen LogP contribution is 2.08. The lowest BCUT2D eigenvalue weighted by molar-refractivity contribution is 0.102. The van der Waals surface area contributed by atoms with Gasteiger partial charge in [-0.15, -0.1) is 0 Å². The molecule has 0 aliphatic rings. The van der Waals surface area contributed by atoms with Crippen molar-refractivity contribution in [1.82, 2.24) is 15.1 Å². The summed E-state index contributed by atoms with van der Waals surface area (Å²) in [6.07, 6.45) is 1.35. The van der Waals surface area contributed by atoms with E-state index >= 15 is 0 Å². The van der Waals surface area contributed by atoms with Crippen LogP contribution in [0, 0.1) is 13.8 Å². The Hall–Kier alpha value is -2.24. The first-order chi connectivity index (χ1) is 7.65. The van der Waals surface area contributed by atoms with Crippen LogP contribution in [0.5, 0.6) is 0 Å². The summed E-state index contributed by atoms with van der Waals surface area (Å²) < 4.78 is 4.83. The van der Waals surface area contributed by atoms with Crippen LogP contribution in [-0.2, 0) is 0 Å². The highest BCUT2D eigenvalue weighted by atomic mass is 16.5. The summed E-state index contributed by atoms with van der Waals surface area (Å²) in [5.74, 6) is 0.673.